The molecule has 0 fully saturated rings. The van der Waals surface area contributed by atoms with Crippen LogP contribution in [0.4, 0.5) is 0 Å². The predicted octanol–water partition coefficient (Wildman–Crippen LogP) is 1.36. The molecule has 5 heteroatoms. The SMILES string of the molecule is C[C@@H](S)[C@@H](Cc1ccccc1)C(=O)NCC(=O)O. The van der Waals surface area contributed by atoms with Crippen LogP contribution in [0.15, 0.2) is 30.3 Å². The van der Waals surface area contributed by atoms with Gasteiger partial charge in [0.2, 0.25) is 5.91 Å². The fourth-order valence-electron chi connectivity index (χ4n) is 1.64. The number of carboxylic acid groups (broad SMARTS) is 1. The number of amides is 1. The van der Waals surface area contributed by atoms with Crippen molar-refractivity contribution in [3.8, 4) is 0 Å². The molecule has 0 radical (unpaired) electrons. The normalized spacial score (nSPS) is 13.7. The van der Waals surface area contributed by atoms with Crippen molar-refractivity contribution >= 4 is 24.5 Å². The molecule has 0 saturated heterocycles. The maximum Gasteiger partial charge on any atom is 0.322 e. The first-order valence-electron chi connectivity index (χ1n) is 5.72. The van der Waals surface area contributed by atoms with E-state index in [0.717, 1.165) is 5.56 Å². The monoisotopic (exact) mass is 267 g/mol. The molecule has 0 spiro atoms. The standard InChI is InChI=1S/C13H17NO3S/c1-9(18)11(13(17)14-8-12(15)16)7-10-5-3-2-4-6-10/h2-6,9,11,18H,7-8H2,1H3,(H,14,17)(H,15,16)/t9-,11-/m1/s1. The van der Waals surface area contributed by atoms with Crippen LogP contribution in [-0.2, 0) is 16.0 Å². The molecule has 0 aliphatic heterocycles. The first-order valence-corrected chi connectivity index (χ1v) is 6.24. The average molecular weight is 267 g/mol. The van der Waals surface area contributed by atoms with Crippen LogP contribution in [0.3, 0.4) is 0 Å². The second kappa shape index (κ2) is 7.06. The maximum atomic E-state index is 11.9. The molecule has 0 aliphatic carbocycles. The minimum atomic E-state index is -1.05. The second-order valence-electron chi connectivity index (χ2n) is 4.15. The number of nitrogens with one attached hydrogen (secondary N) is 1. The van der Waals surface area contributed by atoms with Gasteiger partial charge in [0.1, 0.15) is 6.54 Å². The van der Waals surface area contributed by atoms with Gasteiger partial charge in [-0.05, 0) is 12.0 Å². The molecule has 0 aliphatic rings. The van der Waals surface area contributed by atoms with E-state index in [0.29, 0.717) is 6.42 Å². The molecule has 0 bridgehead atoms. The van der Waals surface area contributed by atoms with Crippen molar-refractivity contribution in [2.24, 2.45) is 5.92 Å². The molecule has 2 N–H and O–H groups in total. The Morgan fingerprint density at radius 1 is 1.33 bits per heavy atom. The number of carbonyl (C=O) groups excluding carboxylic acids is 1. The summed E-state index contributed by atoms with van der Waals surface area (Å²) in [5, 5.41) is 10.8. The summed E-state index contributed by atoms with van der Waals surface area (Å²) in [7, 11) is 0. The van der Waals surface area contributed by atoms with Crippen molar-refractivity contribution in [1.29, 1.82) is 0 Å². The largest absolute Gasteiger partial charge is 0.480 e. The Morgan fingerprint density at radius 3 is 2.44 bits per heavy atom. The van der Waals surface area contributed by atoms with E-state index in [9.17, 15) is 9.59 Å². The highest BCUT2D eigenvalue weighted by molar-refractivity contribution is 7.81. The zero-order valence-electron chi connectivity index (χ0n) is 10.2. The summed E-state index contributed by atoms with van der Waals surface area (Å²) in [6.45, 7) is 1.47. The molecular formula is C13H17NO3S. The highest BCUT2D eigenvalue weighted by Gasteiger charge is 2.23. The molecule has 0 heterocycles. The fraction of sp³-hybridized carbons (Fsp3) is 0.385. The smallest absolute Gasteiger partial charge is 0.322 e. The third-order valence-corrected chi connectivity index (χ3v) is 2.99. The molecule has 18 heavy (non-hydrogen) atoms. The van der Waals surface area contributed by atoms with Crippen LogP contribution < -0.4 is 5.32 Å². The molecule has 1 amide bonds. The van der Waals surface area contributed by atoms with Gasteiger partial charge >= 0.3 is 5.97 Å². The van der Waals surface area contributed by atoms with Crippen LogP contribution in [0.5, 0.6) is 0 Å². The van der Waals surface area contributed by atoms with Gasteiger partial charge in [0, 0.05) is 5.25 Å². The van der Waals surface area contributed by atoms with Crippen molar-refractivity contribution in [1.82, 2.24) is 5.32 Å². The Bertz CT molecular complexity index is 406. The van der Waals surface area contributed by atoms with Crippen molar-refractivity contribution in [2.75, 3.05) is 6.54 Å². The molecule has 0 saturated carbocycles. The number of hydrogen-bond acceptors (Lipinski definition) is 3. The van der Waals surface area contributed by atoms with Gasteiger partial charge in [-0.2, -0.15) is 12.6 Å². The number of benzene rings is 1. The zero-order valence-corrected chi connectivity index (χ0v) is 11.1. The fourth-order valence-corrected chi connectivity index (χ4v) is 1.88. The predicted molar refractivity (Wildman–Crippen MR) is 72.7 cm³/mol. The Labute approximate surface area is 112 Å². The minimum absolute atomic E-state index is 0.140. The van der Waals surface area contributed by atoms with Gasteiger partial charge in [-0.25, -0.2) is 0 Å². The minimum Gasteiger partial charge on any atom is -0.480 e. The molecule has 0 aromatic heterocycles. The second-order valence-corrected chi connectivity index (χ2v) is 4.96. The Hall–Kier alpha value is -1.49. The molecule has 1 aromatic rings. The number of thiol groups is 1. The number of aliphatic carboxylic acids is 1. The van der Waals surface area contributed by atoms with Crippen molar-refractivity contribution in [3.05, 3.63) is 35.9 Å². The Morgan fingerprint density at radius 2 is 1.94 bits per heavy atom. The van der Waals surface area contributed by atoms with E-state index in [-0.39, 0.29) is 23.6 Å². The summed E-state index contributed by atoms with van der Waals surface area (Å²) in [6, 6.07) is 9.60. The average Bonchev–Trinajstić information content (AvgIpc) is 2.34. The van der Waals surface area contributed by atoms with Crippen LogP contribution in [0.25, 0.3) is 0 Å². The van der Waals surface area contributed by atoms with Crippen LogP contribution >= 0.6 is 12.6 Å². The van der Waals surface area contributed by atoms with E-state index >= 15 is 0 Å². The highest BCUT2D eigenvalue weighted by Crippen LogP contribution is 2.16. The maximum absolute atomic E-state index is 11.9. The van der Waals surface area contributed by atoms with Gasteiger partial charge < -0.3 is 10.4 Å². The van der Waals surface area contributed by atoms with Crippen LogP contribution in [0.2, 0.25) is 0 Å². The molecule has 1 aromatic carbocycles. The number of rotatable bonds is 6. The van der Waals surface area contributed by atoms with Crippen molar-refractivity contribution in [3.63, 3.8) is 0 Å². The van der Waals surface area contributed by atoms with Crippen molar-refractivity contribution < 1.29 is 14.7 Å². The molecule has 98 valence electrons. The highest BCUT2D eigenvalue weighted by atomic mass is 32.1. The Kier molecular flexibility index (Phi) is 5.71. The summed E-state index contributed by atoms with van der Waals surface area (Å²) in [5.74, 6) is -1.66. The lowest BCUT2D eigenvalue weighted by molar-refractivity contribution is -0.138. The zero-order chi connectivity index (χ0) is 13.5. The number of carboxylic acids is 1. The summed E-state index contributed by atoms with van der Waals surface area (Å²) in [6.07, 6.45) is 0.553. The molecule has 1 rings (SSSR count). The lowest BCUT2D eigenvalue weighted by atomic mass is 9.95. The molecule has 2 atom stereocenters. The van der Waals surface area contributed by atoms with Gasteiger partial charge in [0.15, 0.2) is 0 Å². The van der Waals surface area contributed by atoms with E-state index in [1.165, 1.54) is 0 Å². The molecule has 4 nitrogen and oxygen atoms in total. The van der Waals surface area contributed by atoms with Gasteiger partial charge in [0.05, 0.1) is 5.92 Å². The lowest BCUT2D eigenvalue weighted by Gasteiger charge is -2.19. The third-order valence-electron chi connectivity index (χ3n) is 2.63. The van der Waals surface area contributed by atoms with E-state index in [1.54, 1.807) is 0 Å². The number of hydrogen-bond donors (Lipinski definition) is 3. The topological polar surface area (TPSA) is 66.4 Å². The quantitative estimate of drug-likeness (QED) is 0.682. The molecular weight excluding hydrogens is 250 g/mol. The van der Waals surface area contributed by atoms with E-state index in [1.807, 2.05) is 37.3 Å². The first-order chi connectivity index (χ1) is 8.50. The van der Waals surface area contributed by atoms with Crippen molar-refractivity contribution in [2.45, 2.75) is 18.6 Å². The number of carbonyl (C=O) groups is 2. The van der Waals surface area contributed by atoms with E-state index in [4.69, 9.17) is 5.11 Å². The third kappa shape index (κ3) is 4.79. The Balaban J connectivity index is 2.65. The van der Waals surface area contributed by atoms with Gasteiger partial charge in [0.25, 0.3) is 0 Å². The lowest BCUT2D eigenvalue weighted by Crippen LogP contribution is -2.38. The molecule has 0 unspecified atom stereocenters. The van der Waals surface area contributed by atoms with Crippen LogP contribution in [0, 0.1) is 5.92 Å². The van der Waals surface area contributed by atoms with Crippen LogP contribution in [0.1, 0.15) is 12.5 Å². The summed E-state index contributed by atoms with van der Waals surface area (Å²) < 4.78 is 0. The van der Waals surface area contributed by atoms with Gasteiger partial charge in [-0.15, -0.1) is 0 Å². The van der Waals surface area contributed by atoms with E-state index < -0.39 is 5.97 Å². The van der Waals surface area contributed by atoms with Crippen LogP contribution in [-0.4, -0.2) is 28.8 Å². The van der Waals surface area contributed by atoms with E-state index in [2.05, 4.69) is 17.9 Å². The summed E-state index contributed by atoms with van der Waals surface area (Å²) in [4.78, 5) is 22.3. The summed E-state index contributed by atoms with van der Waals surface area (Å²) >= 11 is 4.30. The first kappa shape index (κ1) is 14.6. The van der Waals surface area contributed by atoms with Gasteiger partial charge in [-0.1, -0.05) is 37.3 Å². The van der Waals surface area contributed by atoms with Gasteiger partial charge in [-0.3, -0.25) is 9.59 Å². The summed E-state index contributed by atoms with van der Waals surface area (Å²) in [5.41, 5.74) is 1.04.